The molecular weight excluding hydrogens is 326 g/mol. The molecule has 1 aromatic rings. The highest BCUT2D eigenvalue weighted by atomic mass is 79.9. The number of aryl methyl sites for hydroxylation is 1. The molecule has 1 aromatic carbocycles. The summed E-state index contributed by atoms with van der Waals surface area (Å²) in [5.74, 6) is -0.103. The molecule has 3 N–H and O–H groups in total. The number of carbonyl (C=O) groups is 1. The number of halogens is 1. The molecule has 7 heteroatoms. The summed E-state index contributed by atoms with van der Waals surface area (Å²) in [6.45, 7) is 3.06. The van der Waals surface area contributed by atoms with E-state index in [4.69, 9.17) is 15.7 Å². The van der Waals surface area contributed by atoms with Crippen molar-refractivity contribution in [2.75, 3.05) is 19.7 Å². The highest BCUT2D eigenvalue weighted by Gasteiger charge is 2.27. The van der Waals surface area contributed by atoms with E-state index in [0.717, 1.165) is 10.0 Å². The zero-order valence-electron chi connectivity index (χ0n) is 11.0. The van der Waals surface area contributed by atoms with Crippen molar-refractivity contribution < 1.29 is 14.7 Å². The maximum Gasteiger partial charge on any atom is 0.254 e. The van der Waals surface area contributed by atoms with Gasteiger partial charge in [0.15, 0.2) is 5.84 Å². The Morgan fingerprint density at radius 2 is 2.35 bits per heavy atom. The number of ether oxygens (including phenoxy) is 1. The molecule has 1 fully saturated rings. The van der Waals surface area contributed by atoms with Gasteiger partial charge < -0.3 is 20.6 Å². The van der Waals surface area contributed by atoms with Gasteiger partial charge >= 0.3 is 0 Å². The van der Waals surface area contributed by atoms with Crippen molar-refractivity contribution >= 4 is 27.7 Å². The summed E-state index contributed by atoms with van der Waals surface area (Å²) < 4.78 is 6.34. The van der Waals surface area contributed by atoms with Crippen LogP contribution in [0.2, 0.25) is 0 Å². The molecule has 1 unspecified atom stereocenters. The average Bonchev–Trinajstić information content (AvgIpc) is 2.48. The largest absolute Gasteiger partial charge is 0.409 e. The molecule has 2 rings (SSSR count). The molecule has 1 heterocycles. The van der Waals surface area contributed by atoms with E-state index in [1.807, 2.05) is 19.1 Å². The van der Waals surface area contributed by atoms with Gasteiger partial charge in [-0.2, -0.15) is 0 Å². The lowest BCUT2D eigenvalue weighted by Gasteiger charge is -2.32. The van der Waals surface area contributed by atoms with E-state index < -0.39 is 6.10 Å². The Morgan fingerprint density at radius 1 is 1.60 bits per heavy atom. The van der Waals surface area contributed by atoms with E-state index in [1.54, 1.807) is 11.0 Å². The van der Waals surface area contributed by atoms with Gasteiger partial charge in [-0.1, -0.05) is 21.1 Å². The fourth-order valence-electron chi connectivity index (χ4n) is 2.04. The van der Waals surface area contributed by atoms with Crippen LogP contribution in [0.4, 0.5) is 0 Å². The summed E-state index contributed by atoms with van der Waals surface area (Å²) in [7, 11) is 0. The lowest BCUT2D eigenvalue weighted by Crippen LogP contribution is -2.50. The van der Waals surface area contributed by atoms with Gasteiger partial charge in [0.25, 0.3) is 5.91 Å². The van der Waals surface area contributed by atoms with Gasteiger partial charge in [0.05, 0.1) is 13.2 Å². The van der Waals surface area contributed by atoms with E-state index in [9.17, 15) is 4.79 Å². The van der Waals surface area contributed by atoms with Crippen LogP contribution in [0, 0.1) is 6.92 Å². The molecule has 0 aromatic heterocycles. The summed E-state index contributed by atoms with van der Waals surface area (Å²) in [5.41, 5.74) is 7.14. The second-order valence-electron chi connectivity index (χ2n) is 4.60. The summed E-state index contributed by atoms with van der Waals surface area (Å²) in [6, 6.07) is 5.46. The van der Waals surface area contributed by atoms with Crippen molar-refractivity contribution in [1.82, 2.24) is 4.90 Å². The molecule has 0 bridgehead atoms. The first-order valence-corrected chi connectivity index (χ1v) is 6.96. The molecule has 1 saturated heterocycles. The number of rotatable bonds is 2. The minimum atomic E-state index is -0.561. The van der Waals surface area contributed by atoms with Crippen molar-refractivity contribution in [2.24, 2.45) is 10.9 Å². The topological polar surface area (TPSA) is 88.2 Å². The maximum atomic E-state index is 12.4. The highest BCUT2D eigenvalue weighted by molar-refractivity contribution is 9.10. The van der Waals surface area contributed by atoms with E-state index in [2.05, 4.69) is 21.1 Å². The Morgan fingerprint density at radius 3 is 3.00 bits per heavy atom. The maximum absolute atomic E-state index is 12.4. The van der Waals surface area contributed by atoms with Crippen LogP contribution in [0.5, 0.6) is 0 Å². The van der Waals surface area contributed by atoms with Crippen LogP contribution < -0.4 is 5.73 Å². The summed E-state index contributed by atoms with van der Waals surface area (Å²) in [4.78, 5) is 14.1. The molecule has 0 saturated carbocycles. The summed E-state index contributed by atoms with van der Waals surface area (Å²) in [5, 5.41) is 11.6. The minimum Gasteiger partial charge on any atom is -0.409 e. The quantitative estimate of drug-likeness (QED) is 0.368. The summed E-state index contributed by atoms with van der Waals surface area (Å²) in [6.07, 6.45) is -0.561. The van der Waals surface area contributed by atoms with Crippen LogP contribution in [-0.4, -0.2) is 47.7 Å². The number of nitrogens with zero attached hydrogens (tertiary/aromatic N) is 2. The third-order valence-corrected chi connectivity index (χ3v) is 4.09. The molecule has 6 nitrogen and oxygen atoms in total. The lowest BCUT2D eigenvalue weighted by atomic mass is 10.1. The van der Waals surface area contributed by atoms with Crippen LogP contribution in [-0.2, 0) is 4.74 Å². The number of morpholine rings is 1. The average molecular weight is 342 g/mol. The number of amides is 1. The van der Waals surface area contributed by atoms with Crippen molar-refractivity contribution in [2.45, 2.75) is 13.0 Å². The van der Waals surface area contributed by atoms with Gasteiger partial charge in [-0.15, -0.1) is 0 Å². The predicted molar refractivity (Wildman–Crippen MR) is 77.9 cm³/mol. The zero-order valence-corrected chi connectivity index (χ0v) is 12.6. The normalized spacial score (nSPS) is 20.0. The monoisotopic (exact) mass is 341 g/mol. The molecule has 0 spiro atoms. The second kappa shape index (κ2) is 6.23. The van der Waals surface area contributed by atoms with Crippen molar-refractivity contribution in [3.05, 3.63) is 33.8 Å². The fourth-order valence-corrected chi connectivity index (χ4v) is 2.28. The van der Waals surface area contributed by atoms with Crippen molar-refractivity contribution in [3.8, 4) is 0 Å². The van der Waals surface area contributed by atoms with E-state index >= 15 is 0 Å². The third kappa shape index (κ3) is 3.10. The zero-order chi connectivity index (χ0) is 14.7. The number of hydrogen-bond donors (Lipinski definition) is 2. The van der Waals surface area contributed by atoms with Gasteiger partial charge in [0.1, 0.15) is 6.10 Å². The Kier molecular flexibility index (Phi) is 4.61. The van der Waals surface area contributed by atoms with Crippen LogP contribution in [0.25, 0.3) is 0 Å². The molecule has 1 atom stereocenters. The predicted octanol–water partition coefficient (Wildman–Crippen LogP) is 1.34. The number of oxime groups is 1. The van der Waals surface area contributed by atoms with Gasteiger partial charge in [0, 0.05) is 16.6 Å². The van der Waals surface area contributed by atoms with E-state index in [-0.39, 0.29) is 18.3 Å². The van der Waals surface area contributed by atoms with Crippen molar-refractivity contribution in [1.29, 1.82) is 0 Å². The number of hydrogen-bond acceptors (Lipinski definition) is 4. The lowest BCUT2D eigenvalue weighted by molar-refractivity contribution is 0.00675. The molecule has 0 aliphatic carbocycles. The first-order valence-electron chi connectivity index (χ1n) is 6.17. The van der Waals surface area contributed by atoms with Crippen molar-refractivity contribution in [3.63, 3.8) is 0 Å². The molecule has 1 aliphatic heterocycles. The molecular formula is C13H16BrN3O3. The molecule has 0 radical (unpaired) electrons. The molecule has 108 valence electrons. The van der Waals surface area contributed by atoms with Crippen LogP contribution >= 0.6 is 15.9 Å². The minimum absolute atomic E-state index is 0.0190. The van der Waals surface area contributed by atoms with Crippen LogP contribution in [0.1, 0.15) is 15.9 Å². The van der Waals surface area contributed by atoms with E-state index in [0.29, 0.717) is 18.7 Å². The highest BCUT2D eigenvalue weighted by Crippen LogP contribution is 2.19. The van der Waals surface area contributed by atoms with E-state index in [1.165, 1.54) is 0 Å². The van der Waals surface area contributed by atoms with Gasteiger partial charge in [-0.05, 0) is 30.7 Å². The molecule has 1 amide bonds. The Hall–Kier alpha value is -1.60. The fraction of sp³-hybridized carbons (Fsp3) is 0.385. The Bertz CT molecular complexity index is 548. The molecule has 20 heavy (non-hydrogen) atoms. The first kappa shape index (κ1) is 14.8. The van der Waals surface area contributed by atoms with Crippen LogP contribution in [0.15, 0.2) is 27.8 Å². The summed E-state index contributed by atoms with van der Waals surface area (Å²) >= 11 is 3.41. The number of carbonyl (C=O) groups excluding carboxylic acids is 1. The number of benzene rings is 1. The SMILES string of the molecule is Cc1cc(C(=O)N2CCOC(/C(N)=N/O)C2)ccc1Br. The Labute approximate surface area is 125 Å². The smallest absolute Gasteiger partial charge is 0.254 e. The first-order chi connectivity index (χ1) is 9.52. The van der Waals surface area contributed by atoms with Crippen LogP contribution in [0.3, 0.4) is 0 Å². The van der Waals surface area contributed by atoms with Gasteiger partial charge in [-0.3, -0.25) is 4.79 Å². The van der Waals surface area contributed by atoms with Gasteiger partial charge in [0.2, 0.25) is 0 Å². The van der Waals surface area contributed by atoms with Gasteiger partial charge in [-0.25, -0.2) is 0 Å². The molecule has 1 aliphatic rings. The Balaban J connectivity index is 2.14. The number of nitrogens with two attached hydrogens (primary N) is 1. The number of amidine groups is 1. The standard InChI is InChI=1S/C13H16BrN3O3/c1-8-6-9(2-3-10(8)14)13(18)17-4-5-20-11(7-17)12(15)16-19/h2-3,6,11,19H,4-5,7H2,1H3,(H2,15,16). The second-order valence-corrected chi connectivity index (χ2v) is 5.45. The third-order valence-electron chi connectivity index (χ3n) is 3.20.